The van der Waals surface area contributed by atoms with Gasteiger partial charge < -0.3 is 0 Å². The van der Waals surface area contributed by atoms with E-state index in [1.807, 2.05) is 20.8 Å². The van der Waals surface area contributed by atoms with Gasteiger partial charge in [0, 0.05) is 5.04 Å². The molecule has 7 heteroatoms. The minimum absolute atomic E-state index is 0.470. The lowest BCUT2D eigenvalue weighted by Gasteiger charge is -2.41. The van der Waals surface area contributed by atoms with E-state index < -0.39 is 16.8 Å². The normalized spacial score (nSPS) is 21.5. The molecule has 0 bridgehead atoms. The van der Waals surface area contributed by atoms with Gasteiger partial charge in [0.1, 0.15) is 0 Å². The van der Waals surface area contributed by atoms with Crippen LogP contribution in [-0.2, 0) is 0 Å². The second kappa shape index (κ2) is 4.73. The van der Waals surface area contributed by atoms with Crippen LogP contribution in [0.2, 0.25) is 5.04 Å². The second-order valence-corrected chi connectivity index (χ2v) is 27.9. The highest BCUT2D eigenvalue weighted by atomic mass is 35.9. The van der Waals surface area contributed by atoms with Gasteiger partial charge in [-0.05, 0) is 38.8 Å². The van der Waals surface area contributed by atoms with Crippen LogP contribution in [0.3, 0.4) is 0 Å². The average molecular weight is 369 g/mol. The molecular weight excluding hydrogens is 354 g/mol. The third-order valence-corrected chi connectivity index (χ3v) is 30.8. The topological polar surface area (TPSA) is 0 Å². The van der Waals surface area contributed by atoms with Crippen molar-refractivity contribution in [1.29, 1.82) is 0 Å². The van der Waals surface area contributed by atoms with Crippen LogP contribution < -0.4 is 0 Å². The zero-order valence-corrected chi connectivity index (χ0v) is 16.2. The average Bonchev–Trinajstić information content (AvgIpc) is 2.33. The van der Waals surface area contributed by atoms with Gasteiger partial charge in [-0.2, -0.15) is 0 Å². The Morgan fingerprint density at radius 1 is 0.765 bits per heavy atom. The van der Waals surface area contributed by atoms with Crippen molar-refractivity contribution in [3.05, 3.63) is 22.3 Å². The molecular formula is C10H15Cl5Si2. The summed E-state index contributed by atoms with van der Waals surface area (Å²) in [5.41, 5.74) is 1.56. The summed E-state index contributed by atoms with van der Waals surface area (Å²) in [6.45, 7) is 10.2. The van der Waals surface area contributed by atoms with Crippen molar-refractivity contribution in [2.24, 2.45) is 0 Å². The number of rotatable bonds is 2. The predicted octanol–water partition coefficient (Wildman–Crippen LogP) is 6.09. The molecule has 0 radical (unpaired) electrons. The largest absolute Gasteiger partial charge is 0.359 e. The van der Waals surface area contributed by atoms with E-state index in [0.29, 0.717) is 0 Å². The van der Waals surface area contributed by atoms with Gasteiger partial charge in [0.2, 0.25) is 0 Å². The van der Waals surface area contributed by atoms with Crippen LogP contribution in [0.1, 0.15) is 34.6 Å². The molecule has 0 aromatic carbocycles. The third-order valence-electron chi connectivity index (χ3n) is 4.17. The van der Waals surface area contributed by atoms with Crippen LogP contribution in [0.15, 0.2) is 22.3 Å². The Balaban J connectivity index is 3.51. The SMILES string of the molecule is CC1=C(C)C(C)([Si](Cl)(Cl)[Si](Cl)(Cl)Cl)C(C)=C1C. The van der Waals surface area contributed by atoms with Crippen LogP contribution in [0.25, 0.3) is 0 Å². The monoisotopic (exact) mass is 366 g/mol. The number of hydrogen-bond donors (Lipinski definition) is 0. The Kier molecular flexibility index (Phi) is 4.56. The molecule has 0 saturated carbocycles. The first kappa shape index (κ1) is 16.4. The zero-order valence-electron chi connectivity index (χ0n) is 10.4. The van der Waals surface area contributed by atoms with Gasteiger partial charge in [0.05, 0.1) is 0 Å². The van der Waals surface area contributed by atoms with E-state index in [-0.39, 0.29) is 0 Å². The van der Waals surface area contributed by atoms with Crippen molar-refractivity contribution < 1.29 is 0 Å². The molecule has 0 fully saturated rings. The predicted molar refractivity (Wildman–Crippen MR) is 85.9 cm³/mol. The van der Waals surface area contributed by atoms with Gasteiger partial charge in [-0.1, -0.05) is 18.1 Å². The molecule has 0 aromatic heterocycles. The van der Waals surface area contributed by atoms with Crippen molar-refractivity contribution in [3.63, 3.8) is 0 Å². The third kappa shape index (κ3) is 2.18. The molecule has 1 aliphatic rings. The van der Waals surface area contributed by atoms with Crippen molar-refractivity contribution in [2.45, 2.75) is 39.7 Å². The highest BCUT2D eigenvalue weighted by molar-refractivity contribution is 8.03. The van der Waals surface area contributed by atoms with Gasteiger partial charge in [-0.15, -0.1) is 55.4 Å². The van der Waals surface area contributed by atoms with E-state index in [1.54, 1.807) is 0 Å². The summed E-state index contributed by atoms with van der Waals surface area (Å²) in [5.74, 6) is 0. The first-order valence-electron chi connectivity index (χ1n) is 5.19. The van der Waals surface area contributed by atoms with Gasteiger partial charge in [0.25, 0.3) is 0 Å². The maximum absolute atomic E-state index is 6.58. The molecule has 0 aromatic rings. The number of allylic oxidation sites excluding steroid dienone is 4. The first-order chi connectivity index (χ1) is 7.39. The van der Waals surface area contributed by atoms with Crippen LogP contribution in [0.5, 0.6) is 0 Å². The van der Waals surface area contributed by atoms with Crippen LogP contribution in [-0.4, -0.2) is 11.7 Å². The number of hydrogen-bond acceptors (Lipinski definition) is 0. The first-order valence-corrected chi connectivity index (χ1v) is 15.3. The molecule has 17 heavy (non-hydrogen) atoms. The van der Waals surface area contributed by atoms with Gasteiger partial charge in [0.15, 0.2) is 0 Å². The van der Waals surface area contributed by atoms with Crippen LogP contribution in [0, 0.1) is 0 Å². The molecule has 0 N–H and O–H groups in total. The highest BCUT2D eigenvalue weighted by Crippen LogP contribution is 2.64. The van der Waals surface area contributed by atoms with E-state index in [2.05, 4.69) is 13.8 Å². The Morgan fingerprint density at radius 2 is 1.06 bits per heavy atom. The summed E-state index contributed by atoms with van der Waals surface area (Å²) in [6.07, 6.45) is -3.04. The summed E-state index contributed by atoms with van der Waals surface area (Å²) in [6, 6.07) is 0. The fraction of sp³-hybridized carbons (Fsp3) is 0.600. The Hall–Kier alpha value is 1.36. The molecule has 0 spiro atoms. The standard InChI is InChI=1S/C10H15Cl5Si2/c1-6-7(2)9(4)10(5,8(6)3)16(11,12)17(13,14)15/h1-5H3. The van der Waals surface area contributed by atoms with Crippen LogP contribution >= 0.6 is 55.4 Å². The molecule has 0 unspecified atom stereocenters. The lowest BCUT2D eigenvalue weighted by atomic mass is 9.98. The van der Waals surface area contributed by atoms with E-state index in [0.717, 1.165) is 11.1 Å². The molecule has 0 saturated heterocycles. The minimum atomic E-state index is -3.15. The van der Waals surface area contributed by atoms with Gasteiger partial charge in [-0.3, -0.25) is 0 Å². The van der Waals surface area contributed by atoms with Crippen LogP contribution in [0.4, 0.5) is 0 Å². The number of halogens is 5. The molecule has 0 nitrogen and oxygen atoms in total. The summed E-state index contributed by atoms with van der Waals surface area (Å²) < 4.78 is 0. The summed E-state index contributed by atoms with van der Waals surface area (Å²) >= 11 is 31.6. The second-order valence-electron chi connectivity index (χ2n) is 4.70. The molecule has 98 valence electrons. The van der Waals surface area contributed by atoms with Crippen molar-refractivity contribution >= 4 is 67.1 Å². The smallest absolute Gasteiger partial charge is 0.144 e. The Morgan fingerprint density at radius 3 is 1.29 bits per heavy atom. The lowest BCUT2D eigenvalue weighted by molar-refractivity contribution is 0.828. The molecule has 0 atom stereocenters. The quantitative estimate of drug-likeness (QED) is 0.409. The summed E-state index contributed by atoms with van der Waals surface area (Å²) in [4.78, 5) is 0. The Labute approximate surface area is 128 Å². The fourth-order valence-electron chi connectivity index (χ4n) is 2.35. The van der Waals surface area contributed by atoms with Crippen molar-refractivity contribution in [1.82, 2.24) is 0 Å². The van der Waals surface area contributed by atoms with E-state index in [4.69, 9.17) is 55.4 Å². The maximum atomic E-state index is 6.58. The molecule has 0 aliphatic heterocycles. The highest BCUT2D eigenvalue weighted by Gasteiger charge is 2.66. The zero-order chi connectivity index (χ0) is 13.8. The molecule has 1 aliphatic carbocycles. The summed E-state index contributed by atoms with van der Waals surface area (Å²) in [5, 5.41) is -0.470. The molecule has 0 heterocycles. The lowest BCUT2D eigenvalue weighted by Crippen LogP contribution is -2.52. The summed E-state index contributed by atoms with van der Waals surface area (Å²) in [7, 11) is 0. The van der Waals surface area contributed by atoms with Crippen molar-refractivity contribution in [3.8, 4) is 0 Å². The Bertz CT molecular complexity index is 393. The molecule has 1 rings (SSSR count). The van der Waals surface area contributed by atoms with Crippen molar-refractivity contribution in [2.75, 3.05) is 0 Å². The maximum Gasteiger partial charge on any atom is 0.359 e. The van der Waals surface area contributed by atoms with E-state index >= 15 is 0 Å². The molecule has 0 amide bonds. The van der Waals surface area contributed by atoms with E-state index in [9.17, 15) is 0 Å². The van der Waals surface area contributed by atoms with Gasteiger partial charge in [-0.25, -0.2) is 0 Å². The van der Waals surface area contributed by atoms with Gasteiger partial charge >= 0.3 is 11.7 Å². The minimum Gasteiger partial charge on any atom is -0.144 e. The fourth-order valence-corrected chi connectivity index (χ4v) is 13.9. The van der Waals surface area contributed by atoms with E-state index in [1.165, 1.54) is 11.1 Å².